The molecule has 2 amide bonds. The van der Waals surface area contributed by atoms with E-state index in [4.69, 9.17) is 0 Å². The van der Waals surface area contributed by atoms with E-state index in [1.54, 1.807) is 0 Å². The lowest BCUT2D eigenvalue weighted by Crippen LogP contribution is -2.55. The third kappa shape index (κ3) is 3.20. The molecular weight excluding hydrogens is 171 g/mol. The third-order valence-electron chi connectivity index (χ3n) is 1.89. The smallest absolute Gasteiger partial charge is 0.317 e. The first-order chi connectivity index (χ1) is 5.88. The van der Waals surface area contributed by atoms with Gasteiger partial charge in [-0.2, -0.15) is 0 Å². The van der Waals surface area contributed by atoms with Gasteiger partial charge in [0.15, 0.2) is 0 Å². The molecule has 1 heterocycles. The van der Waals surface area contributed by atoms with Gasteiger partial charge in [0.25, 0.3) is 0 Å². The summed E-state index contributed by atoms with van der Waals surface area (Å²) in [5, 5.41) is 2.77. The molecule has 1 aliphatic rings. The number of urea groups is 1. The first kappa shape index (κ1) is 10.3. The number of alkyl halides is 1. The minimum atomic E-state index is -0.819. The summed E-state index contributed by atoms with van der Waals surface area (Å²) in [5.41, 5.74) is 0.0790. The Balaban J connectivity index is 2.19. The minimum absolute atomic E-state index is 0.0790. The number of nitrogens with zero attached hydrogens (tertiary/aromatic N) is 1. The largest absolute Gasteiger partial charge is 0.337 e. The second kappa shape index (κ2) is 3.52. The molecule has 0 atom stereocenters. The molecule has 13 heavy (non-hydrogen) atoms. The van der Waals surface area contributed by atoms with E-state index in [-0.39, 0.29) is 24.5 Å². The van der Waals surface area contributed by atoms with Crippen LogP contribution < -0.4 is 5.32 Å². The van der Waals surface area contributed by atoms with Crippen molar-refractivity contribution in [2.75, 3.05) is 19.6 Å². The quantitative estimate of drug-likeness (QED) is 0.662. The number of carbonyl (C=O) groups excluding carboxylic acids is 1. The Kier molecular flexibility index (Phi) is 2.78. The van der Waals surface area contributed by atoms with E-state index in [1.165, 1.54) is 4.90 Å². The number of likely N-dealkylation sites (tertiary alicyclic amines) is 1. The highest BCUT2D eigenvalue weighted by molar-refractivity contribution is 5.75. The van der Waals surface area contributed by atoms with Crippen LogP contribution in [0.15, 0.2) is 0 Å². The lowest BCUT2D eigenvalue weighted by atomic mass is 9.97. The number of hydrogen-bond acceptors (Lipinski definition) is 1. The second-order valence-electron chi connectivity index (χ2n) is 4.72. The second-order valence-corrected chi connectivity index (χ2v) is 4.72. The number of hydrogen-bond donors (Lipinski definition) is 1. The van der Waals surface area contributed by atoms with Gasteiger partial charge in [-0.05, 0) is 5.41 Å². The molecule has 0 saturated carbocycles. The molecule has 0 aliphatic carbocycles. The van der Waals surface area contributed by atoms with Crippen molar-refractivity contribution >= 4 is 6.03 Å². The van der Waals surface area contributed by atoms with Crippen molar-refractivity contribution in [3.05, 3.63) is 0 Å². The molecule has 1 aliphatic heterocycles. The fourth-order valence-electron chi connectivity index (χ4n) is 1.04. The van der Waals surface area contributed by atoms with E-state index in [0.717, 1.165) is 0 Å². The van der Waals surface area contributed by atoms with E-state index in [2.05, 4.69) is 5.32 Å². The maximum absolute atomic E-state index is 12.4. The highest BCUT2D eigenvalue weighted by atomic mass is 19.1. The summed E-state index contributed by atoms with van der Waals surface area (Å²) in [5.74, 6) is 0. The fourth-order valence-corrected chi connectivity index (χ4v) is 1.04. The van der Waals surface area contributed by atoms with Crippen LogP contribution in [0.25, 0.3) is 0 Å². The van der Waals surface area contributed by atoms with Gasteiger partial charge in [0.1, 0.15) is 6.17 Å². The highest BCUT2D eigenvalue weighted by Crippen LogP contribution is 2.13. The van der Waals surface area contributed by atoms with E-state index >= 15 is 0 Å². The number of halogens is 1. The van der Waals surface area contributed by atoms with E-state index in [9.17, 15) is 9.18 Å². The average Bonchev–Trinajstić information content (AvgIpc) is 1.93. The molecule has 0 aromatic rings. The lowest BCUT2D eigenvalue weighted by Gasteiger charge is -2.35. The van der Waals surface area contributed by atoms with Gasteiger partial charge in [0.2, 0.25) is 0 Å². The molecule has 0 bridgehead atoms. The molecule has 1 fully saturated rings. The van der Waals surface area contributed by atoms with Crippen LogP contribution in [-0.4, -0.2) is 36.7 Å². The zero-order valence-electron chi connectivity index (χ0n) is 8.43. The van der Waals surface area contributed by atoms with Crippen LogP contribution in [-0.2, 0) is 0 Å². The summed E-state index contributed by atoms with van der Waals surface area (Å²) < 4.78 is 12.4. The summed E-state index contributed by atoms with van der Waals surface area (Å²) >= 11 is 0. The van der Waals surface area contributed by atoms with Crippen molar-refractivity contribution in [3.63, 3.8) is 0 Å². The summed E-state index contributed by atoms with van der Waals surface area (Å²) in [6, 6.07) is -0.149. The standard InChI is InChI=1S/C9H17FN2O/c1-9(2,3)6-11-8(13)12-4-7(10)5-12/h7H,4-6H2,1-3H3,(H,11,13). The normalized spacial score (nSPS) is 18.3. The Labute approximate surface area is 78.3 Å². The molecule has 1 N–H and O–H groups in total. The van der Waals surface area contributed by atoms with Gasteiger partial charge in [0.05, 0.1) is 13.1 Å². The molecule has 76 valence electrons. The number of carbonyl (C=O) groups is 1. The number of amides is 2. The maximum Gasteiger partial charge on any atom is 0.317 e. The van der Waals surface area contributed by atoms with Gasteiger partial charge in [-0.15, -0.1) is 0 Å². The summed E-state index contributed by atoms with van der Waals surface area (Å²) in [7, 11) is 0. The van der Waals surface area contributed by atoms with Gasteiger partial charge in [0, 0.05) is 6.54 Å². The predicted molar refractivity (Wildman–Crippen MR) is 49.3 cm³/mol. The van der Waals surface area contributed by atoms with E-state index < -0.39 is 6.17 Å². The first-order valence-corrected chi connectivity index (χ1v) is 4.55. The Morgan fingerprint density at radius 1 is 1.54 bits per heavy atom. The Hall–Kier alpha value is -0.800. The molecule has 3 nitrogen and oxygen atoms in total. The highest BCUT2D eigenvalue weighted by Gasteiger charge is 2.30. The van der Waals surface area contributed by atoms with Gasteiger partial charge in [-0.3, -0.25) is 0 Å². The van der Waals surface area contributed by atoms with Gasteiger partial charge in [-0.1, -0.05) is 20.8 Å². The van der Waals surface area contributed by atoms with Crippen molar-refractivity contribution < 1.29 is 9.18 Å². The van der Waals surface area contributed by atoms with E-state index in [0.29, 0.717) is 6.54 Å². The van der Waals surface area contributed by atoms with Crippen molar-refractivity contribution in [1.29, 1.82) is 0 Å². The van der Waals surface area contributed by atoms with Crippen LogP contribution in [0.1, 0.15) is 20.8 Å². The van der Waals surface area contributed by atoms with Crippen molar-refractivity contribution in [1.82, 2.24) is 10.2 Å². The molecule has 0 unspecified atom stereocenters. The Bertz CT molecular complexity index is 194. The molecule has 0 aromatic heterocycles. The molecule has 0 radical (unpaired) electrons. The zero-order valence-corrected chi connectivity index (χ0v) is 8.43. The maximum atomic E-state index is 12.4. The predicted octanol–water partition coefficient (Wildman–Crippen LogP) is 1.40. The Morgan fingerprint density at radius 3 is 2.46 bits per heavy atom. The molecule has 0 aromatic carbocycles. The van der Waals surface area contributed by atoms with Crippen molar-refractivity contribution in [3.8, 4) is 0 Å². The molecule has 0 spiro atoms. The van der Waals surface area contributed by atoms with Crippen molar-refractivity contribution in [2.45, 2.75) is 26.9 Å². The lowest BCUT2D eigenvalue weighted by molar-refractivity contribution is 0.0885. The summed E-state index contributed by atoms with van der Waals surface area (Å²) in [4.78, 5) is 12.7. The summed E-state index contributed by atoms with van der Waals surface area (Å²) in [6.45, 7) is 7.25. The van der Waals surface area contributed by atoms with Crippen LogP contribution in [0.5, 0.6) is 0 Å². The minimum Gasteiger partial charge on any atom is -0.337 e. The monoisotopic (exact) mass is 188 g/mol. The average molecular weight is 188 g/mol. The van der Waals surface area contributed by atoms with Crippen LogP contribution in [0.2, 0.25) is 0 Å². The van der Waals surface area contributed by atoms with E-state index in [1.807, 2.05) is 20.8 Å². The SMILES string of the molecule is CC(C)(C)CNC(=O)N1CC(F)C1. The molecular formula is C9H17FN2O. The van der Waals surface area contributed by atoms with Crippen molar-refractivity contribution in [2.24, 2.45) is 5.41 Å². The third-order valence-corrected chi connectivity index (χ3v) is 1.89. The van der Waals surface area contributed by atoms with Gasteiger partial charge >= 0.3 is 6.03 Å². The zero-order chi connectivity index (χ0) is 10.1. The molecule has 1 saturated heterocycles. The van der Waals surface area contributed by atoms with Crippen LogP contribution in [0.3, 0.4) is 0 Å². The number of rotatable bonds is 1. The first-order valence-electron chi connectivity index (χ1n) is 4.55. The molecule has 1 rings (SSSR count). The number of nitrogens with one attached hydrogen (secondary N) is 1. The molecule has 4 heteroatoms. The van der Waals surface area contributed by atoms with Gasteiger partial charge in [-0.25, -0.2) is 9.18 Å². The van der Waals surface area contributed by atoms with Crippen LogP contribution in [0, 0.1) is 5.41 Å². The van der Waals surface area contributed by atoms with Gasteiger partial charge < -0.3 is 10.2 Å². The summed E-state index contributed by atoms with van der Waals surface area (Å²) in [6.07, 6.45) is -0.819. The van der Waals surface area contributed by atoms with Crippen LogP contribution >= 0.6 is 0 Å². The topological polar surface area (TPSA) is 32.3 Å². The fraction of sp³-hybridized carbons (Fsp3) is 0.889. The van der Waals surface area contributed by atoms with Crippen LogP contribution in [0.4, 0.5) is 9.18 Å². The Morgan fingerprint density at radius 2 is 2.08 bits per heavy atom.